The van der Waals surface area contributed by atoms with Gasteiger partial charge in [0.1, 0.15) is 11.5 Å². The first-order valence-corrected chi connectivity index (χ1v) is 10.2. The van der Waals surface area contributed by atoms with E-state index in [1.165, 1.54) is 11.8 Å². The highest BCUT2D eigenvalue weighted by Gasteiger charge is 2.14. The van der Waals surface area contributed by atoms with E-state index >= 15 is 0 Å². The van der Waals surface area contributed by atoms with Gasteiger partial charge < -0.3 is 19.4 Å². The van der Waals surface area contributed by atoms with E-state index in [0.717, 1.165) is 33.6 Å². The zero-order valence-electron chi connectivity index (χ0n) is 16.7. The van der Waals surface area contributed by atoms with Crippen LogP contribution in [0.1, 0.15) is 12.5 Å². The van der Waals surface area contributed by atoms with Gasteiger partial charge in [-0.25, -0.2) is 0 Å². The van der Waals surface area contributed by atoms with E-state index in [9.17, 15) is 4.79 Å². The van der Waals surface area contributed by atoms with E-state index in [0.29, 0.717) is 13.1 Å². The van der Waals surface area contributed by atoms with Gasteiger partial charge >= 0.3 is 0 Å². The van der Waals surface area contributed by atoms with Gasteiger partial charge in [0.2, 0.25) is 5.91 Å². The van der Waals surface area contributed by atoms with Crippen LogP contribution >= 0.6 is 11.8 Å². The molecule has 1 N–H and O–H groups in total. The van der Waals surface area contributed by atoms with E-state index in [4.69, 9.17) is 9.47 Å². The third-order valence-corrected chi connectivity index (χ3v) is 5.30. The molecule has 8 heteroatoms. The van der Waals surface area contributed by atoms with E-state index < -0.39 is 0 Å². The van der Waals surface area contributed by atoms with Crippen molar-refractivity contribution in [2.24, 2.45) is 0 Å². The van der Waals surface area contributed by atoms with Crippen molar-refractivity contribution in [2.45, 2.75) is 25.2 Å². The van der Waals surface area contributed by atoms with Gasteiger partial charge in [0.05, 0.1) is 20.0 Å². The van der Waals surface area contributed by atoms with Crippen LogP contribution < -0.4 is 14.8 Å². The van der Waals surface area contributed by atoms with Gasteiger partial charge in [-0.2, -0.15) is 0 Å². The van der Waals surface area contributed by atoms with Crippen molar-refractivity contribution < 1.29 is 14.3 Å². The molecule has 1 amide bonds. The number of ether oxygens (including phenoxy) is 2. The van der Waals surface area contributed by atoms with Gasteiger partial charge in [0.15, 0.2) is 11.0 Å². The van der Waals surface area contributed by atoms with E-state index in [-0.39, 0.29) is 11.7 Å². The van der Waals surface area contributed by atoms with E-state index in [2.05, 4.69) is 15.5 Å². The van der Waals surface area contributed by atoms with Crippen molar-refractivity contribution in [1.82, 2.24) is 20.1 Å². The smallest absolute Gasteiger partial charge is 0.230 e. The second kappa shape index (κ2) is 9.97. The number of nitrogens with one attached hydrogen (secondary N) is 1. The Morgan fingerprint density at radius 1 is 1.07 bits per heavy atom. The summed E-state index contributed by atoms with van der Waals surface area (Å²) in [6, 6.07) is 15.3. The number of methoxy groups -OCH3 is 2. The molecule has 3 rings (SSSR count). The summed E-state index contributed by atoms with van der Waals surface area (Å²) in [6.07, 6.45) is 0. The Hall–Kier alpha value is -3.00. The highest BCUT2D eigenvalue weighted by atomic mass is 32.2. The molecule has 7 nitrogen and oxygen atoms in total. The van der Waals surface area contributed by atoms with Crippen LogP contribution in [0.25, 0.3) is 11.4 Å². The highest BCUT2D eigenvalue weighted by Crippen LogP contribution is 2.25. The number of nitrogens with zero attached hydrogens (tertiary/aromatic N) is 3. The number of amides is 1. The second-order valence-electron chi connectivity index (χ2n) is 6.20. The number of hydrogen-bond acceptors (Lipinski definition) is 6. The van der Waals surface area contributed by atoms with Crippen LogP contribution in [0.2, 0.25) is 0 Å². The van der Waals surface area contributed by atoms with E-state index in [1.807, 2.05) is 60.0 Å². The molecule has 0 bridgehead atoms. The van der Waals surface area contributed by atoms with Crippen LogP contribution in [0, 0.1) is 0 Å². The molecule has 0 unspecified atom stereocenters. The Labute approximate surface area is 174 Å². The summed E-state index contributed by atoms with van der Waals surface area (Å²) in [5.74, 6) is 2.54. The summed E-state index contributed by atoms with van der Waals surface area (Å²) in [7, 11) is 3.26. The monoisotopic (exact) mass is 412 g/mol. The van der Waals surface area contributed by atoms with Crippen molar-refractivity contribution >= 4 is 17.7 Å². The molecule has 1 heterocycles. The second-order valence-corrected chi connectivity index (χ2v) is 7.14. The molecule has 0 saturated heterocycles. The van der Waals surface area contributed by atoms with Crippen LogP contribution in [-0.4, -0.2) is 40.6 Å². The molecular weight excluding hydrogens is 388 g/mol. The van der Waals surface area contributed by atoms with Crippen molar-refractivity contribution in [3.05, 3.63) is 54.1 Å². The van der Waals surface area contributed by atoms with Gasteiger partial charge in [-0.15, -0.1) is 10.2 Å². The summed E-state index contributed by atoms with van der Waals surface area (Å²) in [4.78, 5) is 12.3. The van der Waals surface area contributed by atoms with Crippen molar-refractivity contribution in [3.8, 4) is 22.9 Å². The number of rotatable bonds is 9. The minimum Gasteiger partial charge on any atom is -0.497 e. The fourth-order valence-corrected chi connectivity index (χ4v) is 3.63. The normalized spacial score (nSPS) is 10.6. The Morgan fingerprint density at radius 3 is 2.52 bits per heavy atom. The highest BCUT2D eigenvalue weighted by molar-refractivity contribution is 7.99. The molecule has 0 saturated carbocycles. The van der Waals surface area contributed by atoms with Gasteiger partial charge in [-0.05, 0) is 48.9 Å². The topological polar surface area (TPSA) is 78.3 Å². The zero-order chi connectivity index (χ0) is 20.6. The molecule has 0 aliphatic carbocycles. The predicted octanol–water partition coefficient (Wildman–Crippen LogP) is 3.39. The number of thioether (sulfide) groups is 1. The van der Waals surface area contributed by atoms with Gasteiger partial charge in [0, 0.05) is 18.7 Å². The SMILES string of the molecule is CCn1c(SCC(=O)NCc2cccc(OC)c2)nnc1-c1ccc(OC)cc1. The number of aromatic nitrogens is 3. The number of benzene rings is 2. The number of carbonyl (C=O) groups excluding carboxylic acids is 1. The average molecular weight is 413 g/mol. The fraction of sp³-hybridized carbons (Fsp3) is 0.286. The lowest BCUT2D eigenvalue weighted by atomic mass is 10.2. The molecule has 0 spiro atoms. The molecule has 152 valence electrons. The molecule has 0 fully saturated rings. The third kappa shape index (κ3) is 5.29. The first kappa shape index (κ1) is 20.7. The summed E-state index contributed by atoms with van der Waals surface area (Å²) < 4.78 is 12.4. The minimum atomic E-state index is -0.0607. The van der Waals surface area contributed by atoms with Crippen LogP contribution in [-0.2, 0) is 17.9 Å². The molecular formula is C21H24N4O3S. The standard InChI is InChI=1S/C21H24N4O3S/c1-4-25-20(16-8-10-17(27-2)11-9-16)23-24-21(25)29-14-19(26)22-13-15-6-5-7-18(12-15)28-3/h5-12H,4,13-14H2,1-3H3,(H,22,26). The van der Waals surface area contributed by atoms with Crippen LogP contribution in [0.5, 0.6) is 11.5 Å². The Balaban J connectivity index is 1.59. The lowest BCUT2D eigenvalue weighted by Gasteiger charge is -2.09. The maximum atomic E-state index is 12.3. The third-order valence-electron chi connectivity index (χ3n) is 4.34. The Bertz CT molecular complexity index is 957. The molecule has 0 radical (unpaired) electrons. The van der Waals surface area contributed by atoms with Gasteiger partial charge in [0.25, 0.3) is 0 Å². The summed E-state index contributed by atoms with van der Waals surface area (Å²) in [5.41, 5.74) is 1.94. The molecule has 29 heavy (non-hydrogen) atoms. The summed E-state index contributed by atoms with van der Waals surface area (Å²) >= 11 is 1.37. The Morgan fingerprint density at radius 2 is 1.83 bits per heavy atom. The minimum absolute atomic E-state index is 0.0607. The zero-order valence-corrected chi connectivity index (χ0v) is 17.5. The molecule has 0 aliphatic heterocycles. The summed E-state index contributed by atoms with van der Waals surface area (Å²) in [6.45, 7) is 3.19. The molecule has 3 aromatic rings. The van der Waals surface area contributed by atoms with Crippen LogP contribution in [0.15, 0.2) is 53.7 Å². The average Bonchev–Trinajstić information content (AvgIpc) is 3.19. The van der Waals surface area contributed by atoms with Crippen molar-refractivity contribution in [2.75, 3.05) is 20.0 Å². The molecule has 0 atom stereocenters. The van der Waals surface area contributed by atoms with Crippen molar-refractivity contribution in [3.63, 3.8) is 0 Å². The fourth-order valence-electron chi connectivity index (χ4n) is 2.80. The number of hydrogen-bond donors (Lipinski definition) is 1. The predicted molar refractivity (Wildman–Crippen MR) is 113 cm³/mol. The largest absolute Gasteiger partial charge is 0.497 e. The van der Waals surface area contributed by atoms with Crippen LogP contribution in [0.4, 0.5) is 0 Å². The Kier molecular flexibility index (Phi) is 7.13. The number of carbonyl (C=O) groups is 1. The summed E-state index contributed by atoms with van der Waals surface area (Å²) in [5, 5.41) is 12.2. The maximum Gasteiger partial charge on any atom is 0.230 e. The van der Waals surface area contributed by atoms with Crippen LogP contribution in [0.3, 0.4) is 0 Å². The lowest BCUT2D eigenvalue weighted by molar-refractivity contribution is -0.118. The van der Waals surface area contributed by atoms with Crippen molar-refractivity contribution in [1.29, 1.82) is 0 Å². The maximum absolute atomic E-state index is 12.3. The quantitative estimate of drug-likeness (QED) is 0.543. The first-order chi connectivity index (χ1) is 14.1. The first-order valence-electron chi connectivity index (χ1n) is 9.24. The molecule has 2 aromatic carbocycles. The molecule has 1 aromatic heterocycles. The lowest BCUT2D eigenvalue weighted by Crippen LogP contribution is -2.24. The molecule has 0 aliphatic rings. The van der Waals surface area contributed by atoms with Gasteiger partial charge in [-0.1, -0.05) is 23.9 Å². The van der Waals surface area contributed by atoms with Gasteiger partial charge in [-0.3, -0.25) is 4.79 Å². The van der Waals surface area contributed by atoms with E-state index in [1.54, 1.807) is 14.2 Å².